The summed E-state index contributed by atoms with van der Waals surface area (Å²) in [6, 6.07) is 4.20. The number of hydrogen-bond donors (Lipinski definition) is 3. The van der Waals surface area contributed by atoms with Crippen molar-refractivity contribution in [3.05, 3.63) is 40.4 Å². The zero-order valence-corrected chi connectivity index (χ0v) is 11.9. The van der Waals surface area contributed by atoms with E-state index in [1.54, 1.807) is 6.07 Å². The first-order chi connectivity index (χ1) is 9.53. The van der Waals surface area contributed by atoms with E-state index >= 15 is 0 Å². The Morgan fingerprint density at radius 3 is 2.55 bits per heavy atom. The number of nitrogens with two attached hydrogens (primary N) is 1. The summed E-state index contributed by atoms with van der Waals surface area (Å²) in [5, 5.41) is 3.34. The van der Waals surface area contributed by atoms with Gasteiger partial charge in [-0.1, -0.05) is 18.5 Å². The smallest absolute Gasteiger partial charge is 0.148 e. The number of rotatable bonds is 4. The second-order valence-corrected chi connectivity index (χ2v) is 4.68. The van der Waals surface area contributed by atoms with Gasteiger partial charge in [0.15, 0.2) is 0 Å². The fraction of sp³-hybridized carbons (Fsp3) is 0.231. The summed E-state index contributed by atoms with van der Waals surface area (Å²) in [4.78, 5) is 8.63. The van der Waals surface area contributed by atoms with Crippen molar-refractivity contribution < 1.29 is 4.39 Å². The van der Waals surface area contributed by atoms with Gasteiger partial charge in [0.25, 0.3) is 0 Å². The molecule has 0 amide bonds. The third-order valence-corrected chi connectivity index (χ3v) is 2.99. The summed E-state index contributed by atoms with van der Waals surface area (Å²) >= 11 is 5.83. The molecule has 0 saturated carbocycles. The Morgan fingerprint density at radius 1 is 1.25 bits per heavy atom. The molecule has 20 heavy (non-hydrogen) atoms. The Labute approximate surface area is 121 Å². The van der Waals surface area contributed by atoms with E-state index in [2.05, 4.69) is 20.7 Å². The highest BCUT2D eigenvalue weighted by Crippen LogP contribution is 2.25. The molecule has 0 radical (unpaired) electrons. The predicted octanol–water partition coefficient (Wildman–Crippen LogP) is 3.17. The Morgan fingerprint density at radius 2 is 1.95 bits per heavy atom. The number of hydrazine groups is 1. The molecule has 2 aromatic rings. The molecule has 2 rings (SSSR count). The van der Waals surface area contributed by atoms with Crippen LogP contribution in [0.5, 0.6) is 0 Å². The van der Waals surface area contributed by atoms with E-state index in [1.807, 2.05) is 13.8 Å². The van der Waals surface area contributed by atoms with Gasteiger partial charge in [-0.15, -0.1) is 0 Å². The maximum Gasteiger partial charge on any atom is 0.148 e. The molecule has 0 atom stereocenters. The predicted molar refractivity (Wildman–Crippen MR) is 78.6 cm³/mol. The summed E-state index contributed by atoms with van der Waals surface area (Å²) in [5.74, 6) is 6.74. The Bertz CT molecular complexity index is 612. The van der Waals surface area contributed by atoms with Crippen molar-refractivity contribution in [3.8, 4) is 0 Å². The molecule has 5 nitrogen and oxygen atoms in total. The lowest BCUT2D eigenvalue weighted by Crippen LogP contribution is -2.13. The Balaban J connectivity index is 2.41. The fourth-order valence-corrected chi connectivity index (χ4v) is 1.97. The number of benzene rings is 1. The minimum absolute atomic E-state index is 0.312. The largest absolute Gasteiger partial charge is 0.340 e. The molecule has 0 bridgehead atoms. The molecule has 7 heteroatoms. The minimum Gasteiger partial charge on any atom is -0.340 e. The number of hydrogen-bond acceptors (Lipinski definition) is 5. The van der Waals surface area contributed by atoms with Crippen LogP contribution >= 0.6 is 11.6 Å². The van der Waals surface area contributed by atoms with Crippen LogP contribution in [0.1, 0.15) is 18.3 Å². The number of nitrogen functional groups attached to an aromatic ring is 1. The Kier molecular flexibility index (Phi) is 4.36. The van der Waals surface area contributed by atoms with E-state index in [0.717, 1.165) is 5.56 Å². The lowest BCUT2D eigenvalue weighted by atomic mass is 10.2. The topological polar surface area (TPSA) is 75.9 Å². The van der Waals surface area contributed by atoms with Crippen LogP contribution in [0.25, 0.3) is 0 Å². The van der Waals surface area contributed by atoms with Crippen molar-refractivity contribution in [2.24, 2.45) is 5.84 Å². The molecule has 0 saturated heterocycles. The monoisotopic (exact) mass is 295 g/mol. The third kappa shape index (κ3) is 3.15. The molecule has 1 heterocycles. The van der Waals surface area contributed by atoms with Crippen LogP contribution in [-0.4, -0.2) is 9.97 Å². The molecule has 0 unspecified atom stereocenters. The first-order valence-electron chi connectivity index (χ1n) is 6.10. The maximum absolute atomic E-state index is 13.3. The zero-order valence-electron chi connectivity index (χ0n) is 11.2. The Hall–Kier alpha value is -1.92. The van der Waals surface area contributed by atoms with Crippen LogP contribution in [0.2, 0.25) is 5.02 Å². The van der Waals surface area contributed by atoms with Crippen molar-refractivity contribution in [1.82, 2.24) is 9.97 Å². The highest BCUT2D eigenvalue weighted by Gasteiger charge is 2.10. The van der Waals surface area contributed by atoms with Crippen molar-refractivity contribution in [2.75, 3.05) is 10.7 Å². The molecule has 0 aliphatic carbocycles. The zero-order chi connectivity index (χ0) is 14.7. The molecule has 1 aromatic heterocycles. The normalized spacial score (nSPS) is 10.4. The number of aryl methyl sites for hydroxylation is 1. The summed E-state index contributed by atoms with van der Waals surface area (Å²) in [6.07, 6.45) is 0.660. The molecule has 0 aliphatic heterocycles. The molecule has 0 spiro atoms. The van der Waals surface area contributed by atoms with Crippen molar-refractivity contribution in [2.45, 2.75) is 20.3 Å². The van der Waals surface area contributed by atoms with Gasteiger partial charge in [-0.2, -0.15) is 0 Å². The van der Waals surface area contributed by atoms with Crippen molar-refractivity contribution in [3.63, 3.8) is 0 Å². The van der Waals surface area contributed by atoms with Gasteiger partial charge in [0, 0.05) is 22.7 Å². The first-order valence-corrected chi connectivity index (χ1v) is 6.48. The first kappa shape index (κ1) is 14.5. The van der Waals surface area contributed by atoms with Crippen molar-refractivity contribution in [1.29, 1.82) is 0 Å². The van der Waals surface area contributed by atoms with E-state index in [-0.39, 0.29) is 0 Å². The average Bonchev–Trinajstić information content (AvgIpc) is 2.40. The lowest BCUT2D eigenvalue weighted by molar-refractivity contribution is 0.628. The van der Waals surface area contributed by atoms with Gasteiger partial charge < -0.3 is 10.7 Å². The number of aromatic nitrogens is 2. The summed E-state index contributed by atoms with van der Waals surface area (Å²) in [6.45, 7) is 3.76. The number of nitrogens with zero attached hydrogens (tertiary/aromatic N) is 2. The molecule has 0 aliphatic rings. The van der Waals surface area contributed by atoms with Crippen LogP contribution in [0.15, 0.2) is 18.2 Å². The second-order valence-electron chi connectivity index (χ2n) is 4.24. The van der Waals surface area contributed by atoms with Crippen molar-refractivity contribution >= 4 is 28.9 Å². The van der Waals surface area contributed by atoms with Gasteiger partial charge >= 0.3 is 0 Å². The van der Waals surface area contributed by atoms with E-state index < -0.39 is 5.82 Å². The SMILES string of the molecule is CCc1nc(NN)c(C)c(Nc2cc(F)cc(Cl)c2)n1. The summed E-state index contributed by atoms with van der Waals surface area (Å²) in [7, 11) is 0. The van der Waals surface area contributed by atoms with Gasteiger partial charge in [-0.25, -0.2) is 20.2 Å². The standard InChI is InChI=1S/C13H15ClFN5/c1-3-11-18-12(7(2)13(19-11)20-16)17-10-5-8(14)4-9(15)6-10/h4-6H,3,16H2,1-2H3,(H2,17,18,19,20). The van der Waals surface area contributed by atoms with E-state index in [9.17, 15) is 4.39 Å². The number of halogens is 2. The highest BCUT2D eigenvalue weighted by molar-refractivity contribution is 6.30. The van der Waals surface area contributed by atoms with E-state index in [4.69, 9.17) is 17.4 Å². The highest BCUT2D eigenvalue weighted by atomic mass is 35.5. The van der Waals surface area contributed by atoms with Crippen LogP contribution in [-0.2, 0) is 6.42 Å². The van der Waals surface area contributed by atoms with Crippen LogP contribution < -0.4 is 16.6 Å². The second kappa shape index (κ2) is 6.02. The van der Waals surface area contributed by atoms with E-state index in [1.165, 1.54) is 12.1 Å². The van der Waals surface area contributed by atoms with Gasteiger partial charge in [0.1, 0.15) is 23.3 Å². The molecule has 106 valence electrons. The fourth-order valence-electron chi connectivity index (χ4n) is 1.75. The van der Waals surface area contributed by atoms with Gasteiger partial charge in [-0.05, 0) is 25.1 Å². The maximum atomic E-state index is 13.3. The van der Waals surface area contributed by atoms with E-state index in [0.29, 0.717) is 34.6 Å². The number of anilines is 3. The quantitative estimate of drug-likeness (QED) is 0.596. The molecule has 0 fully saturated rings. The number of nitrogens with one attached hydrogen (secondary N) is 2. The van der Waals surface area contributed by atoms with Gasteiger partial charge in [0.05, 0.1) is 0 Å². The average molecular weight is 296 g/mol. The van der Waals surface area contributed by atoms with Crippen LogP contribution in [0, 0.1) is 12.7 Å². The third-order valence-electron chi connectivity index (χ3n) is 2.77. The van der Waals surface area contributed by atoms with Crippen LogP contribution in [0.4, 0.5) is 21.7 Å². The summed E-state index contributed by atoms with van der Waals surface area (Å²) in [5.41, 5.74) is 3.78. The molecular weight excluding hydrogens is 281 g/mol. The van der Waals surface area contributed by atoms with Gasteiger partial charge in [-0.3, -0.25) is 0 Å². The summed E-state index contributed by atoms with van der Waals surface area (Å²) < 4.78 is 13.3. The lowest BCUT2D eigenvalue weighted by Gasteiger charge is -2.13. The van der Waals surface area contributed by atoms with Gasteiger partial charge in [0.2, 0.25) is 0 Å². The van der Waals surface area contributed by atoms with Crippen LogP contribution in [0.3, 0.4) is 0 Å². The molecule has 4 N–H and O–H groups in total. The molecular formula is C13H15ClFN5. The minimum atomic E-state index is -0.417. The molecule has 1 aromatic carbocycles.